The number of hydrogen-bond acceptors (Lipinski definition) is 5. The van der Waals surface area contributed by atoms with Crippen LogP contribution in [0.15, 0.2) is 35.2 Å². The minimum atomic E-state index is -3.65. The Morgan fingerprint density at radius 1 is 1.16 bits per heavy atom. The number of hydrogen-bond donors (Lipinski definition) is 2. The van der Waals surface area contributed by atoms with Gasteiger partial charge in [-0.3, -0.25) is 0 Å². The van der Waals surface area contributed by atoms with Gasteiger partial charge in [-0.05, 0) is 44.9 Å². The van der Waals surface area contributed by atoms with Crippen molar-refractivity contribution in [3.05, 3.63) is 52.8 Å². The smallest absolute Gasteiger partial charge is 0.238 e. The molecule has 2 heterocycles. The first-order chi connectivity index (χ1) is 11.8. The average molecular weight is 359 g/mol. The number of nitrogens with two attached hydrogens (primary N) is 1. The first-order valence-corrected chi connectivity index (χ1v) is 9.49. The van der Waals surface area contributed by atoms with E-state index in [2.05, 4.69) is 15.4 Å². The molecule has 0 aliphatic heterocycles. The molecule has 25 heavy (non-hydrogen) atoms. The summed E-state index contributed by atoms with van der Waals surface area (Å²) in [4.78, 5) is 4.67. The van der Waals surface area contributed by atoms with E-state index in [-0.39, 0.29) is 4.90 Å². The third kappa shape index (κ3) is 3.64. The first kappa shape index (κ1) is 17.4. The number of primary sulfonamides is 1. The standard InChI is InChI=1S/C17H21N5O2S/c1-11-10-16(22-17(20-11)12(2)13(3)21-22)19-9-8-14-4-6-15(7-5-14)25(18,23)24/h4-7,10,19H,8-9H2,1-3H3,(H2,18,23,24). The van der Waals surface area contributed by atoms with Crippen LogP contribution >= 0.6 is 0 Å². The van der Waals surface area contributed by atoms with E-state index in [4.69, 9.17) is 5.14 Å². The summed E-state index contributed by atoms with van der Waals surface area (Å²) >= 11 is 0. The minimum absolute atomic E-state index is 0.123. The Hall–Kier alpha value is -2.45. The number of benzene rings is 1. The number of sulfonamides is 1. The van der Waals surface area contributed by atoms with Crippen molar-refractivity contribution >= 4 is 21.5 Å². The summed E-state index contributed by atoms with van der Waals surface area (Å²) in [6.45, 7) is 6.63. The van der Waals surface area contributed by atoms with E-state index in [1.54, 1.807) is 12.1 Å². The van der Waals surface area contributed by atoms with Crippen molar-refractivity contribution in [2.45, 2.75) is 32.1 Å². The van der Waals surface area contributed by atoms with Crippen LogP contribution in [-0.4, -0.2) is 29.6 Å². The third-order valence-corrected chi connectivity index (χ3v) is 5.09. The van der Waals surface area contributed by atoms with Gasteiger partial charge in [0.1, 0.15) is 5.82 Å². The summed E-state index contributed by atoms with van der Waals surface area (Å²) in [7, 11) is -3.65. The second kappa shape index (κ2) is 6.45. The zero-order valence-electron chi connectivity index (χ0n) is 14.4. The fraction of sp³-hybridized carbons (Fsp3) is 0.294. The highest BCUT2D eigenvalue weighted by molar-refractivity contribution is 7.89. The molecule has 0 aliphatic carbocycles. The van der Waals surface area contributed by atoms with Gasteiger partial charge in [-0.15, -0.1) is 0 Å². The Bertz CT molecular complexity index is 1020. The van der Waals surface area contributed by atoms with Gasteiger partial charge in [0.05, 0.1) is 10.6 Å². The Balaban J connectivity index is 1.74. The first-order valence-electron chi connectivity index (χ1n) is 7.95. The molecule has 0 saturated heterocycles. The molecule has 0 saturated carbocycles. The Labute approximate surface area is 146 Å². The zero-order valence-corrected chi connectivity index (χ0v) is 15.3. The quantitative estimate of drug-likeness (QED) is 0.725. The molecule has 132 valence electrons. The lowest BCUT2D eigenvalue weighted by Crippen LogP contribution is -2.12. The summed E-state index contributed by atoms with van der Waals surface area (Å²) < 4.78 is 24.4. The highest BCUT2D eigenvalue weighted by Crippen LogP contribution is 2.18. The molecule has 0 radical (unpaired) electrons. The van der Waals surface area contributed by atoms with Crippen molar-refractivity contribution in [3.63, 3.8) is 0 Å². The average Bonchev–Trinajstić information content (AvgIpc) is 2.83. The van der Waals surface area contributed by atoms with E-state index in [0.29, 0.717) is 6.54 Å². The van der Waals surface area contributed by atoms with Crippen LogP contribution in [0.2, 0.25) is 0 Å². The minimum Gasteiger partial charge on any atom is -0.370 e. The number of aryl methyl sites for hydroxylation is 3. The lowest BCUT2D eigenvalue weighted by Gasteiger charge is -2.10. The molecular formula is C17H21N5O2S. The van der Waals surface area contributed by atoms with Crippen LogP contribution in [0.5, 0.6) is 0 Å². The maximum Gasteiger partial charge on any atom is 0.238 e. The van der Waals surface area contributed by atoms with Gasteiger partial charge in [0.2, 0.25) is 10.0 Å². The SMILES string of the molecule is Cc1cc(NCCc2ccc(S(N)(=O)=O)cc2)n2nc(C)c(C)c2n1. The summed E-state index contributed by atoms with van der Waals surface area (Å²) in [6, 6.07) is 8.57. The zero-order chi connectivity index (χ0) is 18.2. The molecule has 8 heteroatoms. The van der Waals surface area contributed by atoms with Crippen LogP contribution in [0.1, 0.15) is 22.5 Å². The molecule has 1 aromatic carbocycles. The highest BCUT2D eigenvalue weighted by atomic mass is 32.2. The summed E-state index contributed by atoms with van der Waals surface area (Å²) in [5.74, 6) is 0.889. The Kier molecular flexibility index (Phi) is 4.49. The second-order valence-corrected chi connectivity index (χ2v) is 7.66. The molecule has 0 aliphatic rings. The predicted octanol–water partition coefficient (Wildman–Crippen LogP) is 1.96. The molecule has 0 fully saturated rings. The lowest BCUT2D eigenvalue weighted by atomic mass is 10.1. The molecule has 0 atom stereocenters. The largest absolute Gasteiger partial charge is 0.370 e. The number of nitrogens with zero attached hydrogens (tertiary/aromatic N) is 3. The topological polar surface area (TPSA) is 102 Å². The Morgan fingerprint density at radius 3 is 2.48 bits per heavy atom. The van der Waals surface area contributed by atoms with E-state index >= 15 is 0 Å². The lowest BCUT2D eigenvalue weighted by molar-refractivity contribution is 0.598. The second-order valence-electron chi connectivity index (χ2n) is 6.09. The van der Waals surface area contributed by atoms with Crippen LogP contribution in [0.3, 0.4) is 0 Å². The van der Waals surface area contributed by atoms with Crippen molar-refractivity contribution in [2.75, 3.05) is 11.9 Å². The highest BCUT2D eigenvalue weighted by Gasteiger charge is 2.11. The van der Waals surface area contributed by atoms with Crippen molar-refractivity contribution in [3.8, 4) is 0 Å². The van der Waals surface area contributed by atoms with Crippen LogP contribution in [0.25, 0.3) is 5.65 Å². The Morgan fingerprint density at radius 2 is 1.84 bits per heavy atom. The number of fused-ring (bicyclic) bond motifs is 1. The van der Waals surface area contributed by atoms with Gasteiger partial charge in [-0.2, -0.15) is 9.61 Å². The van der Waals surface area contributed by atoms with E-state index in [9.17, 15) is 8.42 Å². The van der Waals surface area contributed by atoms with Gasteiger partial charge in [-0.1, -0.05) is 12.1 Å². The van der Waals surface area contributed by atoms with E-state index in [1.807, 2.05) is 31.4 Å². The van der Waals surface area contributed by atoms with Gasteiger partial charge in [0.25, 0.3) is 0 Å². The van der Waals surface area contributed by atoms with Crippen LogP contribution in [-0.2, 0) is 16.4 Å². The molecule has 2 aromatic heterocycles. The summed E-state index contributed by atoms with van der Waals surface area (Å²) in [5.41, 5.74) is 4.84. The van der Waals surface area contributed by atoms with Crippen LogP contribution in [0, 0.1) is 20.8 Å². The molecule has 7 nitrogen and oxygen atoms in total. The fourth-order valence-electron chi connectivity index (χ4n) is 2.66. The van der Waals surface area contributed by atoms with Gasteiger partial charge in [-0.25, -0.2) is 18.5 Å². The van der Waals surface area contributed by atoms with Crippen molar-refractivity contribution < 1.29 is 8.42 Å². The van der Waals surface area contributed by atoms with Crippen LogP contribution < -0.4 is 10.5 Å². The number of rotatable bonds is 5. The van der Waals surface area contributed by atoms with Gasteiger partial charge < -0.3 is 5.32 Å². The molecular weight excluding hydrogens is 338 g/mol. The molecule has 0 unspecified atom stereocenters. The van der Waals surface area contributed by atoms with E-state index in [1.165, 1.54) is 12.1 Å². The maximum absolute atomic E-state index is 11.3. The molecule has 0 amide bonds. The van der Waals surface area contributed by atoms with Crippen molar-refractivity contribution in [1.29, 1.82) is 0 Å². The van der Waals surface area contributed by atoms with E-state index < -0.39 is 10.0 Å². The maximum atomic E-state index is 11.3. The fourth-order valence-corrected chi connectivity index (χ4v) is 3.17. The van der Waals surface area contributed by atoms with E-state index in [0.717, 1.165) is 40.4 Å². The van der Waals surface area contributed by atoms with Gasteiger partial charge in [0, 0.05) is 23.9 Å². The third-order valence-electron chi connectivity index (χ3n) is 4.16. The monoisotopic (exact) mass is 359 g/mol. The molecule has 3 N–H and O–H groups in total. The van der Waals surface area contributed by atoms with Crippen LogP contribution in [0.4, 0.5) is 5.82 Å². The number of anilines is 1. The van der Waals surface area contributed by atoms with Gasteiger partial charge in [0.15, 0.2) is 5.65 Å². The summed E-state index contributed by atoms with van der Waals surface area (Å²) in [6.07, 6.45) is 0.743. The normalized spacial score (nSPS) is 11.8. The molecule has 3 rings (SSSR count). The number of nitrogens with one attached hydrogen (secondary N) is 1. The van der Waals surface area contributed by atoms with Crippen molar-refractivity contribution in [1.82, 2.24) is 14.6 Å². The van der Waals surface area contributed by atoms with Gasteiger partial charge >= 0.3 is 0 Å². The number of aromatic nitrogens is 3. The van der Waals surface area contributed by atoms with Crippen molar-refractivity contribution in [2.24, 2.45) is 5.14 Å². The summed E-state index contributed by atoms with van der Waals surface area (Å²) in [5, 5.41) is 13.0. The molecule has 0 bridgehead atoms. The predicted molar refractivity (Wildman–Crippen MR) is 97.2 cm³/mol. The molecule has 3 aromatic rings. The molecule has 0 spiro atoms.